The first-order valence-corrected chi connectivity index (χ1v) is 8.29. The highest BCUT2D eigenvalue weighted by molar-refractivity contribution is 9.10. The molecule has 1 spiro atoms. The summed E-state index contributed by atoms with van der Waals surface area (Å²) in [5.41, 5.74) is 2.77. The highest BCUT2D eigenvalue weighted by Crippen LogP contribution is 2.59. The quantitative estimate of drug-likeness (QED) is 0.856. The van der Waals surface area contributed by atoms with Gasteiger partial charge in [-0.05, 0) is 68.0 Å². The van der Waals surface area contributed by atoms with Gasteiger partial charge in [0.25, 0.3) is 0 Å². The maximum absolute atomic E-state index is 12.8. The van der Waals surface area contributed by atoms with E-state index in [1.807, 2.05) is 11.0 Å². The number of benzene rings is 1. The highest BCUT2D eigenvalue weighted by Gasteiger charge is 2.58. The van der Waals surface area contributed by atoms with E-state index in [0.717, 1.165) is 42.6 Å². The van der Waals surface area contributed by atoms with E-state index in [4.69, 9.17) is 0 Å². The van der Waals surface area contributed by atoms with Crippen LogP contribution in [0.3, 0.4) is 0 Å². The van der Waals surface area contributed by atoms with Crippen LogP contribution in [0.2, 0.25) is 0 Å². The first kappa shape index (κ1) is 12.8. The van der Waals surface area contributed by atoms with Gasteiger partial charge >= 0.3 is 0 Å². The molecule has 1 unspecified atom stereocenters. The van der Waals surface area contributed by atoms with Crippen molar-refractivity contribution in [3.63, 3.8) is 0 Å². The molecule has 4 heteroatoms. The Bertz CT molecular complexity index is 566. The molecule has 3 aliphatic rings. The van der Waals surface area contributed by atoms with Crippen LogP contribution in [0.1, 0.15) is 24.8 Å². The Morgan fingerprint density at radius 2 is 2.15 bits per heavy atom. The lowest BCUT2D eigenvalue weighted by Crippen LogP contribution is -2.35. The number of hydrogen-bond acceptors (Lipinski definition) is 2. The molecule has 0 radical (unpaired) electrons. The lowest BCUT2D eigenvalue weighted by molar-refractivity contribution is -0.120. The summed E-state index contributed by atoms with van der Waals surface area (Å²) >= 11 is 3.51. The number of fused-ring (bicyclic) bond motifs is 1. The Balaban J connectivity index is 1.54. The summed E-state index contributed by atoms with van der Waals surface area (Å²) in [4.78, 5) is 14.9. The van der Waals surface area contributed by atoms with E-state index >= 15 is 0 Å². The van der Waals surface area contributed by atoms with Crippen molar-refractivity contribution in [3.05, 3.63) is 28.2 Å². The van der Waals surface area contributed by atoms with Crippen LogP contribution in [0.25, 0.3) is 0 Å². The number of amides is 1. The Labute approximate surface area is 127 Å². The number of carbonyl (C=O) groups excluding carboxylic acids is 1. The summed E-state index contributed by atoms with van der Waals surface area (Å²) in [6.45, 7) is 3.01. The molecule has 2 fully saturated rings. The van der Waals surface area contributed by atoms with Gasteiger partial charge in [-0.25, -0.2) is 0 Å². The molecule has 1 saturated heterocycles. The predicted molar refractivity (Wildman–Crippen MR) is 82.8 cm³/mol. The molecule has 1 atom stereocenters. The van der Waals surface area contributed by atoms with Crippen LogP contribution in [-0.2, 0) is 11.2 Å². The third-order valence-electron chi connectivity index (χ3n) is 5.29. The Morgan fingerprint density at radius 3 is 2.95 bits per heavy atom. The fourth-order valence-electron chi connectivity index (χ4n) is 3.96. The molecule has 0 bridgehead atoms. The first-order chi connectivity index (χ1) is 9.70. The van der Waals surface area contributed by atoms with Gasteiger partial charge < -0.3 is 10.2 Å². The van der Waals surface area contributed by atoms with Crippen molar-refractivity contribution in [2.24, 2.45) is 11.3 Å². The summed E-state index contributed by atoms with van der Waals surface area (Å²) in [7, 11) is 0. The van der Waals surface area contributed by atoms with Crippen LogP contribution in [0, 0.1) is 11.3 Å². The van der Waals surface area contributed by atoms with Crippen LogP contribution in [0.4, 0.5) is 5.69 Å². The van der Waals surface area contributed by atoms with Crippen molar-refractivity contribution < 1.29 is 4.79 Å². The number of anilines is 1. The predicted octanol–water partition coefficient (Wildman–Crippen LogP) is 2.73. The van der Waals surface area contributed by atoms with Crippen LogP contribution < -0.4 is 10.2 Å². The zero-order valence-corrected chi connectivity index (χ0v) is 13.1. The average Bonchev–Trinajstić information content (AvgIpc) is 2.97. The monoisotopic (exact) mass is 334 g/mol. The van der Waals surface area contributed by atoms with Crippen molar-refractivity contribution >= 4 is 27.5 Å². The second-order valence-electron chi connectivity index (χ2n) is 6.38. The van der Waals surface area contributed by atoms with E-state index < -0.39 is 0 Å². The largest absolute Gasteiger partial charge is 0.317 e. The normalized spacial score (nSPS) is 26.6. The molecule has 1 amide bonds. The molecule has 2 aliphatic heterocycles. The molecule has 3 nitrogen and oxygen atoms in total. The first-order valence-electron chi connectivity index (χ1n) is 7.50. The van der Waals surface area contributed by atoms with Crippen LogP contribution >= 0.6 is 15.9 Å². The van der Waals surface area contributed by atoms with Gasteiger partial charge in [0.2, 0.25) is 5.91 Å². The fraction of sp³-hybridized carbons (Fsp3) is 0.562. The lowest BCUT2D eigenvalue weighted by atomic mass is 9.91. The van der Waals surface area contributed by atoms with Crippen LogP contribution in [0.15, 0.2) is 22.7 Å². The molecule has 106 valence electrons. The molecule has 1 aliphatic carbocycles. The van der Waals surface area contributed by atoms with Crippen LogP contribution in [0.5, 0.6) is 0 Å². The van der Waals surface area contributed by atoms with E-state index in [9.17, 15) is 4.79 Å². The van der Waals surface area contributed by atoms with Gasteiger partial charge in [-0.1, -0.05) is 15.9 Å². The zero-order chi connectivity index (χ0) is 13.7. The van der Waals surface area contributed by atoms with Crippen molar-refractivity contribution in [2.45, 2.75) is 25.7 Å². The second kappa shape index (κ2) is 4.57. The minimum Gasteiger partial charge on any atom is -0.317 e. The number of nitrogens with zero attached hydrogens (tertiary/aromatic N) is 1. The molecule has 20 heavy (non-hydrogen) atoms. The van der Waals surface area contributed by atoms with Crippen molar-refractivity contribution in [3.8, 4) is 0 Å². The van der Waals surface area contributed by atoms with E-state index in [2.05, 4.69) is 33.4 Å². The number of carbonyl (C=O) groups is 1. The molecule has 1 aromatic rings. The van der Waals surface area contributed by atoms with Gasteiger partial charge in [-0.2, -0.15) is 0 Å². The summed E-state index contributed by atoms with van der Waals surface area (Å²) in [5, 5.41) is 3.40. The van der Waals surface area contributed by atoms with Gasteiger partial charge in [0.05, 0.1) is 0 Å². The molecule has 1 aromatic carbocycles. The summed E-state index contributed by atoms with van der Waals surface area (Å²) in [5.74, 6) is 0.646. The van der Waals surface area contributed by atoms with E-state index in [-0.39, 0.29) is 5.92 Å². The molecule has 2 heterocycles. The van der Waals surface area contributed by atoms with E-state index in [1.165, 1.54) is 18.4 Å². The highest BCUT2D eigenvalue weighted by atomic mass is 79.9. The van der Waals surface area contributed by atoms with Gasteiger partial charge in [-0.3, -0.25) is 4.79 Å². The molecule has 1 saturated carbocycles. The van der Waals surface area contributed by atoms with E-state index in [0.29, 0.717) is 11.3 Å². The summed E-state index contributed by atoms with van der Waals surface area (Å²) in [6, 6.07) is 6.27. The zero-order valence-electron chi connectivity index (χ0n) is 11.5. The maximum atomic E-state index is 12.8. The number of halogens is 1. The third-order valence-corrected chi connectivity index (χ3v) is 5.78. The smallest absolute Gasteiger partial charge is 0.230 e. The minimum atomic E-state index is 0.277. The maximum Gasteiger partial charge on any atom is 0.230 e. The van der Waals surface area contributed by atoms with Crippen molar-refractivity contribution in [2.75, 3.05) is 24.5 Å². The Hall–Kier alpha value is -0.870. The number of nitrogens with one attached hydrogen (secondary N) is 1. The molecule has 1 N–H and O–H groups in total. The topological polar surface area (TPSA) is 32.3 Å². The van der Waals surface area contributed by atoms with Gasteiger partial charge in [0.15, 0.2) is 0 Å². The standard InChI is InChI=1S/C16H19BrN2O/c17-12-1-2-14-11(9-12)3-8-19(14)15(20)13-10-16(13)4-6-18-7-5-16/h1-2,9,13,18H,3-8,10H2. The summed E-state index contributed by atoms with van der Waals surface area (Å²) < 4.78 is 1.10. The van der Waals surface area contributed by atoms with Crippen molar-refractivity contribution in [1.82, 2.24) is 5.32 Å². The minimum absolute atomic E-state index is 0.277. The van der Waals surface area contributed by atoms with Gasteiger partial charge in [-0.15, -0.1) is 0 Å². The second-order valence-corrected chi connectivity index (χ2v) is 7.30. The molecular formula is C16H19BrN2O. The fourth-order valence-corrected chi connectivity index (χ4v) is 4.37. The Morgan fingerprint density at radius 1 is 1.35 bits per heavy atom. The Kier molecular flexibility index (Phi) is 2.93. The molecular weight excluding hydrogens is 316 g/mol. The van der Waals surface area contributed by atoms with E-state index in [1.54, 1.807) is 0 Å². The molecule has 4 rings (SSSR count). The average molecular weight is 335 g/mol. The SMILES string of the molecule is O=C(C1CC12CCNCC2)N1CCc2cc(Br)ccc21. The lowest BCUT2D eigenvalue weighted by Gasteiger charge is -2.25. The number of piperidine rings is 1. The van der Waals surface area contributed by atoms with Gasteiger partial charge in [0, 0.05) is 22.6 Å². The van der Waals surface area contributed by atoms with Crippen LogP contribution in [-0.4, -0.2) is 25.5 Å². The van der Waals surface area contributed by atoms with Gasteiger partial charge in [0.1, 0.15) is 0 Å². The number of hydrogen-bond donors (Lipinski definition) is 1. The third kappa shape index (κ3) is 1.92. The molecule has 0 aromatic heterocycles. The van der Waals surface area contributed by atoms with Crippen molar-refractivity contribution in [1.29, 1.82) is 0 Å². The summed E-state index contributed by atoms with van der Waals surface area (Å²) in [6.07, 6.45) is 4.44. The number of rotatable bonds is 1.